The highest BCUT2D eigenvalue weighted by molar-refractivity contribution is 7.09. The first-order valence-corrected chi connectivity index (χ1v) is 8.88. The van der Waals surface area contributed by atoms with Crippen LogP contribution in [-0.4, -0.2) is 23.0 Å². The van der Waals surface area contributed by atoms with Crippen molar-refractivity contribution in [2.45, 2.75) is 19.4 Å². The number of benzene rings is 1. The molecule has 0 aliphatic carbocycles. The molecule has 0 radical (unpaired) electrons. The van der Waals surface area contributed by atoms with Crippen LogP contribution in [0.2, 0.25) is 0 Å². The standard InChI is InChI=1S/C19H19N3O2S/c1-24-17-8-3-2-6-14(17)12-21-18(23)9-10-19-22-16(13-25-19)15-7-4-5-11-20-15/h2-8,11,13H,9-10,12H2,1H3,(H,21,23). The summed E-state index contributed by atoms with van der Waals surface area (Å²) in [4.78, 5) is 20.9. The van der Waals surface area contributed by atoms with Crippen LogP contribution < -0.4 is 10.1 Å². The van der Waals surface area contributed by atoms with E-state index in [4.69, 9.17) is 4.74 Å². The zero-order valence-electron chi connectivity index (χ0n) is 13.9. The monoisotopic (exact) mass is 353 g/mol. The van der Waals surface area contributed by atoms with E-state index in [0.29, 0.717) is 19.4 Å². The van der Waals surface area contributed by atoms with Gasteiger partial charge in [-0.1, -0.05) is 24.3 Å². The summed E-state index contributed by atoms with van der Waals surface area (Å²) in [5.74, 6) is 0.781. The van der Waals surface area contributed by atoms with Crippen LogP contribution in [0.3, 0.4) is 0 Å². The van der Waals surface area contributed by atoms with Crippen LogP contribution in [0, 0.1) is 0 Å². The number of amides is 1. The Bertz CT molecular complexity index is 833. The van der Waals surface area contributed by atoms with E-state index in [9.17, 15) is 4.79 Å². The Hall–Kier alpha value is -2.73. The second kappa shape index (κ2) is 8.39. The minimum Gasteiger partial charge on any atom is -0.496 e. The second-order valence-electron chi connectivity index (χ2n) is 5.43. The number of carbonyl (C=O) groups is 1. The Morgan fingerprint density at radius 3 is 2.80 bits per heavy atom. The van der Waals surface area contributed by atoms with Crippen LogP contribution in [-0.2, 0) is 17.8 Å². The van der Waals surface area contributed by atoms with E-state index in [-0.39, 0.29) is 5.91 Å². The van der Waals surface area contributed by atoms with Gasteiger partial charge in [-0.15, -0.1) is 11.3 Å². The van der Waals surface area contributed by atoms with E-state index in [0.717, 1.165) is 27.7 Å². The maximum absolute atomic E-state index is 12.1. The highest BCUT2D eigenvalue weighted by Gasteiger charge is 2.09. The lowest BCUT2D eigenvalue weighted by Gasteiger charge is -2.09. The van der Waals surface area contributed by atoms with Crippen molar-refractivity contribution in [2.24, 2.45) is 0 Å². The Balaban J connectivity index is 1.50. The quantitative estimate of drug-likeness (QED) is 0.706. The molecule has 0 aliphatic heterocycles. The van der Waals surface area contributed by atoms with Crippen molar-refractivity contribution in [3.05, 3.63) is 64.6 Å². The zero-order chi connectivity index (χ0) is 17.5. The number of aromatic nitrogens is 2. The zero-order valence-corrected chi connectivity index (χ0v) is 14.8. The molecule has 0 saturated carbocycles. The van der Waals surface area contributed by atoms with Crippen LogP contribution >= 0.6 is 11.3 Å². The molecule has 25 heavy (non-hydrogen) atoms. The first kappa shape index (κ1) is 17.1. The summed E-state index contributed by atoms with van der Waals surface area (Å²) in [6.07, 6.45) is 2.78. The van der Waals surface area contributed by atoms with Crippen LogP contribution in [0.5, 0.6) is 5.75 Å². The van der Waals surface area contributed by atoms with Gasteiger partial charge in [0.2, 0.25) is 5.91 Å². The number of nitrogens with zero attached hydrogens (tertiary/aromatic N) is 2. The molecule has 0 atom stereocenters. The highest BCUT2D eigenvalue weighted by Crippen LogP contribution is 2.20. The third-order valence-corrected chi connectivity index (χ3v) is 4.62. The number of hydrogen-bond donors (Lipinski definition) is 1. The van der Waals surface area contributed by atoms with E-state index in [1.807, 2.05) is 47.8 Å². The number of thiazole rings is 1. The van der Waals surface area contributed by atoms with Gasteiger partial charge in [-0.25, -0.2) is 4.98 Å². The van der Waals surface area contributed by atoms with Crippen molar-refractivity contribution < 1.29 is 9.53 Å². The van der Waals surface area contributed by atoms with E-state index in [1.54, 1.807) is 24.6 Å². The van der Waals surface area contributed by atoms with Gasteiger partial charge in [0.1, 0.15) is 5.75 Å². The molecule has 0 bridgehead atoms. The second-order valence-corrected chi connectivity index (χ2v) is 6.37. The van der Waals surface area contributed by atoms with Gasteiger partial charge in [0.15, 0.2) is 0 Å². The van der Waals surface area contributed by atoms with Crippen molar-refractivity contribution in [1.29, 1.82) is 0 Å². The lowest BCUT2D eigenvalue weighted by atomic mass is 10.2. The smallest absolute Gasteiger partial charge is 0.220 e. The Kier molecular flexibility index (Phi) is 5.74. The molecule has 0 fully saturated rings. The van der Waals surface area contributed by atoms with Gasteiger partial charge in [-0.3, -0.25) is 9.78 Å². The van der Waals surface area contributed by atoms with Crippen LogP contribution in [0.15, 0.2) is 54.0 Å². The molecule has 5 nitrogen and oxygen atoms in total. The van der Waals surface area contributed by atoms with Crippen molar-refractivity contribution in [3.63, 3.8) is 0 Å². The number of carbonyl (C=O) groups excluding carboxylic acids is 1. The molecular formula is C19H19N3O2S. The molecule has 2 heterocycles. The molecule has 1 amide bonds. The average molecular weight is 353 g/mol. The predicted molar refractivity (Wildman–Crippen MR) is 98.5 cm³/mol. The molecule has 3 rings (SSSR count). The predicted octanol–water partition coefficient (Wildman–Crippen LogP) is 3.46. The van der Waals surface area contributed by atoms with Crippen LogP contribution in [0.4, 0.5) is 0 Å². The summed E-state index contributed by atoms with van der Waals surface area (Å²) in [5.41, 5.74) is 2.67. The number of pyridine rings is 1. The van der Waals surface area contributed by atoms with E-state index < -0.39 is 0 Å². The molecule has 1 N–H and O–H groups in total. The number of ether oxygens (including phenoxy) is 1. The summed E-state index contributed by atoms with van der Waals surface area (Å²) < 4.78 is 5.29. The maximum atomic E-state index is 12.1. The number of hydrogen-bond acceptors (Lipinski definition) is 5. The lowest BCUT2D eigenvalue weighted by Crippen LogP contribution is -2.23. The SMILES string of the molecule is COc1ccccc1CNC(=O)CCc1nc(-c2ccccn2)cs1. The normalized spacial score (nSPS) is 10.4. The third kappa shape index (κ3) is 4.64. The number of para-hydroxylation sites is 1. The average Bonchev–Trinajstić information content (AvgIpc) is 3.14. The van der Waals surface area contributed by atoms with E-state index in [2.05, 4.69) is 15.3 Å². The molecule has 128 valence electrons. The van der Waals surface area contributed by atoms with Gasteiger partial charge in [0.25, 0.3) is 0 Å². The van der Waals surface area contributed by atoms with Crippen LogP contribution in [0.1, 0.15) is 17.0 Å². The highest BCUT2D eigenvalue weighted by atomic mass is 32.1. The molecule has 2 aromatic heterocycles. The summed E-state index contributed by atoms with van der Waals surface area (Å²) in [5, 5.41) is 5.84. The molecule has 0 saturated heterocycles. The molecule has 1 aromatic carbocycles. The number of nitrogens with one attached hydrogen (secondary N) is 1. The van der Waals surface area contributed by atoms with Gasteiger partial charge in [0, 0.05) is 36.5 Å². The summed E-state index contributed by atoms with van der Waals surface area (Å²) in [7, 11) is 1.63. The Morgan fingerprint density at radius 2 is 2.00 bits per heavy atom. The Labute approximate surface area is 150 Å². The van der Waals surface area contributed by atoms with Crippen molar-refractivity contribution in [2.75, 3.05) is 7.11 Å². The Morgan fingerprint density at radius 1 is 1.16 bits per heavy atom. The fourth-order valence-electron chi connectivity index (χ4n) is 2.41. The summed E-state index contributed by atoms with van der Waals surface area (Å²) in [6.45, 7) is 0.458. The molecule has 0 aliphatic rings. The van der Waals surface area contributed by atoms with E-state index >= 15 is 0 Å². The molecule has 0 spiro atoms. The fourth-order valence-corrected chi connectivity index (χ4v) is 3.20. The summed E-state index contributed by atoms with van der Waals surface area (Å²) in [6, 6.07) is 13.4. The van der Waals surface area contributed by atoms with Crippen LogP contribution in [0.25, 0.3) is 11.4 Å². The lowest BCUT2D eigenvalue weighted by molar-refractivity contribution is -0.121. The molecule has 3 aromatic rings. The number of aryl methyl sites for hydroxylation is 1. The van der Waals surface area contributed by atoms with Gasteiger partial charge in [-0.2, -0.15) is 0 Å². The first-order valence-electron chi connectivity index (χ1n) is 8.00. The molecule has 6 heteroatoms. The van der Waals surface area contributed by atoms with Gasteiger partial charge < -0.3 is 10.1 Å². The number of methoxy groups -OCH3 is 1. The molecular weight excluding hydrogens is 334 g/mol. The fraction of sp³-hybridized carbons (Fsp3) is 0.211. The van der Waals surface area contributed by atoms with Gasteiger partial charge >= 0.3 is 0 Å². The first-order chi connectivity index (χ1) is 12.3. The van der Waals surface area contributed by atoms with E-state index in [1.165, 1.54) is 0 Å². The third-order valence-electron chi connectivity index (χ3n) is 3.71. The van der Waals surface area contributed by atoms with Gasteiger partial charge in [-0.05, 0) is 18.2 Å². The minimum atomic E-state index is 0.000456. The maximum Gasteiger partial charge on any atom is 0.220 e. The van der Waals surface area contributed by atoms with Gasteiger partial charge in [0.05, 0.1) is 23.5 Å². The van der Waals surface area contributed by atoms with Crippen molar-refractivity contribution in [3.8, 4) is 17.1 Å². The van der Waals surface area contributed by atoms with Crippen molar-refractivity contribution >= 4 is 17.2 Å². The summed E-state index contributed by atoms with van der Waals surface area (Å²) >= 11 is 1.56. The van der Waals surface area contributed by atoms with Crippen molar-refractivity contribution in [1.82, 2.24) is 15.3 Å². The topological polar surface area (TPSA) is 64.1 Å². The largest absolute Gasteiger partial charge is 0.496 e. The minimum absolute atomic E-state index is 0.000456. The molecule has 0 unspecified atom stereocenters. The number of rotatable bonds is 7.